The second-order valence-corrected chi connectivity index (χ2v) is 30.9. The molecule has 564 valence electrons. The zero-order valence-corrected chi connectivity index (χ0v) is 64.9. The maximum absolute atomic E-state index is 15.5. The molecule has 12 amide bonds. The van der Waals surface area contributed by atoms with Gasteiger partial charge in [0.2, 0.25) is 65.0 Å². The Kier molecular flexibility index (Phi) is 40.0. The van der Waals surface area contributed by atoms with Crippen LogP contribution in [0.2, 0.25) is 0 Å². The fraction of sp³-hybridized carbons (Fsp3) is 0.831. The van der Waals surface area contributed by atoms with Crippen molar-refractivity contribution in [2.45, 2.75) is 273 Å². The fourth-order valence-corrected chi connectivity index (χ4v) is 13.6. The van der Waals surface area contributed by atoms with Gasteiger partial charge >= 0.3 is 0 Å². The highest BCUT2D eigenvalue weighted by Crippen LogP contribution is 2.28. The summed E-state index contributed by atoms with van der Waals surface area (Å²) in [6.07, 6.45) is 3.81. The third-order valence-corrected chi connectivity index (χ3v) is 19.8. The van der Waals surface area contributed by atoms with E-state index in [0.717, 1.165) is 35.9 Å². The van der Waals surface area contributed by atoms with Gasteiger partial charge in [0.25, 0.3) is 5.91 Å². The summed E-state index contributed by atoms with van der Waals surface area (Å²) in [4.78, 5) is 185. The minimum Gasteiger partial charge on any atom is -0.396 e. The van der Waals surface area contributed by atoms with Crippen molar-refractivity contribution in [2.24, 2.45) is 41.4 Å². The molecular weight excluding hydrogens is 1280 g/mol. The van der Waals surface area contributed by atoms with Gasteiger partial charge in [-0.2, -0.15) is 0 Å². The van der Waals surface area contributed by atoms with Gasteiger partial charge in [-0.3, -0.25) is 57.5 Å². The van der Waals surface area contributed by atoms with Crippen LogP contribution in [0.4, 0.5) is 0 Å². The predicted molar refractivity (Wildman–Crippen MR) is 383 cm³/mol. The highest BCUT2D eigenvalue weighted by Gasteiger charge is 2.46. The third kappa shape index (κ3) is 27.5. The Morgan fingerprint density at radius 3 is 1.38 bits per heavy atom. The molecule has 0 aromatic rings. The summed E-state index contributed by atoms with van der Waals surface area (Å²) in [6, 6.07) is -12.8. The van der Waals surface area contributed by atoms with Gasteiger partial charge in [0.1, 0.15) is 60.4 Å². The number of nitrogens with zero attached hydrogens (tertiary/aromatic N) is 7. The molecule has 0 spiro atoms. The highest BCUT2D eigenvalue weighted by atomic mass is 32.2. The van der Waals surface area contributed by atoms with Crippen LogP contribution in [0.3, 0.4) is 0 Å². The molecule has 1 fully saturated rings. The lowest BCUT2D eigenvalue weighted by Crippen LogP contribution is -2.64. The van der Waals surface area contributed by atoms with Crippen LogP contribution in [-0.2, 0) is 57.5 Å². The van der Waals surface area contributed by atoms with E-state index < -0.39 is 155 Å². The van der Waals surface area contributed by atoms with Gasteiger partial charge in [-0.05, 0) is 119 Å². The lowest BCUT2D eigenvalue weighted by Gasteiger charge is -2.41. The zero-order chi connectivity index (χ0) is 75.5. The van der Waals surface area contributed by atoms with E-state index in [9.17, 15) is 39.0 Å². The number of aliphatic hydroxyl groups excluding tert-OH is 2. The van der Waals surface area contributed by atoms with Crippen molar-refractivity contribution in [1.29, 1.82) is 0 Å². The van der Waals surface area contributed by atoms with Crippen LogP contribution in [0.1, 0.15) is 201 Å². The first kappa shape index (κ1) is 89.9. The number of thioether (sulfide) groups is 1. The lowest BCUT2D eigenvalue weighted by atomic mass is 9.90. The number of unbranched alkanes of at least 4 members (excludes halogenated alkanes) is 5. The molecule has 1 heterocycles. The Hall–Kier alpha value is -6.09. The summed E-state index contributed by atoms with van der Waals surface area (Å²) >= 11 is 1.13. The van der Waals surface area contributed by atoms with E-state index in [1.54, 1.807) is 41.5 Å². The Morgan fingerprint density at radius 1 is 0.459 bits per heavy atom. The van der Waals surface area contributed by atoms with Crippen molar-refractivity contribution in [1.82, 2.24) is 60.9 Å². The quantitative estimate of drug-likeness (QED) is 0.0582. The van der Waals surface area contributed by atoms with E-state index in [0.29, 0.717) is 44.4 Å². The van der Waals surface area contributed by atoms with Crippen LogP contribution >= 0.6 is 11.8 Å². The number of rotatable bonds is 26. The first-order valence-electron chi connectivity index (χ1n) is 35.8. The molecular formula is C71H130N12O14S. The van der Waals surface area contributed by atoms with Gasteiger partial charge < -0.3 is 71.1 Å². The van der Waals surface area contributed by atoms with Crippen LogP contribution in [0.15, 0.2) is 0 Å². The molecule has 0 saturated carbocycles. The van der Waals surface area contributed by atoms with Gasteiger partial charge in [0, 0.05) is 69.4 Å². The smallest absolute Gasteiger partial charge is 0.256 e. The molecule has 0 radical (unpaired) electrons. The predicted octanol–water partition coefficient (Wildman–Crippen LogP) is 4.61. The number of carbonyl (C=O) groups excluding carboxylic acids is 12. The average molecular weight is 1410 g/mol. The van der Waals surface area contributed by atoms with E-state index in [4.69, 9.17) is 0 Å². The third-order valence-electron chi connectivity index (χ3n) is 18.5. The van der Waals surface area contributed by atoms with Crippen molar-refractivity contribution in [3.8, 4) is 0 Å². The molecule has 26 nitrogen and oxygen atoms in total. The molecule has 13 atom stereocenters. The van der Waals surface area contributed by atoms with Crippen molar-refractivity contribution < 1.29 is 67.7 Å². The monoisotopic (exact) mass is 1410 g/mol. The van der Waals surface area contributed by atoms with Crippen molar-refractivity contribution >= 4 is 82.6 Å². The molecule has 1 aliphatic heterocycles. The summed E-state index contributed by atoms with van der Waals surface area (Å²) in [5.74, 6) is -9.92. The van der Waals surface area contributed by atoms with E-state index in [2.05, 4.69) is 26.6 Å². The van der Waals surface area contributed by atoms with E-state index in [1.807, 2.05) is 55.4 Å². The Bertz CT molecular complexity index is 2610. The Labute approximate surface area is 591 Å². The van der Waals surface area contributed by atoms with E-state index >= 15 is 28.8 Å². The molecule has 0 aliphatic carbocycles. The fourth-order valence-electron chi connectivity index (χ4n) is 12.4. The maximum atomic E-state index is 15.5. The number of carbonyl (C=O) groups is 12. The van der Waals surface area contributed by atoms with Crippen LogP contribution < -0.4 is 26.6 Å². The van der Waals surface area contributed by atoms with E-state index in [1.165, 1.54) is 99.5 Å². The van der Waals surface area contributed by atoms with Crippen LogP contribution in [0.25, 0.3) is 0 Å². The summed E-state index contributed by atoms with van der Waals surface area (Å²) in [7, 11) is 9.99. The maximum Gasteiger partial charge on any atom is 0.256 e. The van der Waals surface area contributed by atoms with Gasteiger partial charge in [0.15, 0.2) is 5.37 Å². The summed E-state index contributed by atoms with van der Waals surface area (Å²) < 4.78 is 0. The minimum atomic E-state index is -1.66. The molecule has 7 N–H and O–H groups in total. The number of hydrogen-bond acceptors (Lipinski definition) is 15. The SMILES string of the molecule is CC[C@@H]1NC(=O)[C@H]([C@H](O)[C@H](C)CCCCCCNC(C)=O)N(C)C(=O)[C@H](C(C)C)N(C)C(=O)[C@H](CC(C)C)N(C)C(=O)[C@H](CC(C)C)N(C)C(=O)[C@@H](C)NC(=O)[C@H](C)NC(=O)[C@H](CC(C)C)N(C)C(=O)[C@H](C(C)C)NC(=O)[C@H](CC(C)C)N(C)C(=O)[C@@H](SCCCCCO)N(C)C1=O. The molecule has 1 saturated heterocycles. The lowest BCUT2D eigenvalue weighted by molar-refractivity contribution is -0.157. The van der Waals surface area contributed by atoms with Gasteiger partial charge in [-0.1, -0.05) is 123 Å². The standard InChI is InChI=1S/C71H130N12O14S/c1-25-51-65(92)83(24)71(98-36-32-28-31-35-84)70(97)78(19)53(38-42(4)5)62(89)76-56(45(10)11)68(95)77(18)52(37-41(2)3)61(88)73-48(15)60(87)74-49(16)64(91)79(20)54(39-43(6)7)66(93)80(21)55(40-44(8)9)67(94)81(22)57(46(12)13)69(96)82(23)58(63(90)75-51)59(86)47(14)33-29-26-27-30-34-72-50(17)85/h41-49,51-59,71,84,86H,25-40H2,1-24H3,(H,72,85)(H,73,88)(H,74,87)(H,75,90)(H,76,89)/t47-,48+,49-,51+,52+,53+,54+,55+,56+,57+,58+,59-,71-/m1/s1. The minimum absolute atomic E-state index is 0.0249. The number of hydrogen-bond donors (Lipinski definition) is 7. The zero-order valence-electron chi connectivity index (χ0n) is 64.1. The van der Waals surface area contributed by atoms with Crippen LogP contribution in [0, 0.1) is 41.4 Å². The second kappa shape index (κ2) is 43.5. The second-order valence-electron chi connectivity index (χ2n) is 29.7. The first-order valence-corrected chi connectivity index (χ1v) is 36.8. The summed E-state index contributed by atoms with van der Waals surface area (Å²) in [5, 5.41) is 34.8. The number of likely N-dealkylation sites (N-methyl/N-ethyl adjacent to an activating group) is 7. The van der Waals surface area contributed by atoms with Gasteiger partial charge in [-0.15, -0.1) is 11.8 Å². The Balaban J connectivity index is 4.53. The van der Waals surface area contributed by atoms with Gasteiger partial charge in [0.05, 0.1) is 6.10 Å². The summed E-state index contributed by atoms with van der Waals surface area (Å²) in [5.41, 5.74) is 0. The molecule has 1 rings (SSSR count). The number of nitrogens with one attached hydrogen (secondary N) is 5. The highest BCUT2D eigenvalue weighted by molar-refractivity contribution is 8.00. The average Bonchev–Trinajstić information content (AvgIpc) is 0.807. The molecule has 1 aliphatic rings. The van der Waals surface area contributed by atoms with Gasteiger partial charge in [-0.25, -0.2) is 0 Å². The van der Waals surface area contributed by atoms with Crippen molar-refractivity contribution in [2.75, 3.05) is 68.2 Å². The topological polar surface area (TPSA) is 328 Å². The number of amides is 12. The van der Waals surface area contributed by atoms with Crippen molar-refractivity contribution in [3.05, 3.63) is 0 Å². The van der Waals surface area contributed by atoms with Crippen LogP contribution in [-0.4, -0.2) is 256 Å². The summed E-state index contributed by atoms with van der Waals surface area (Å²) in [6.45, 7) is 30.0. The molecule has 0 unspecified atom stereocenters. The largest absolute Gasteiger partial charge is 0.396 e. The van der Waals surface area contributed by atoms with Crippen LogP contribution in [0.5, 0.6) is 0 Å². The molecule has 27 heteroatoms. The molecule has 98 heavy (non-hydrogen) atoms. The molecule has 0 aromatic carbocycles. The Morgan fingerprint density at radius 2 is 0.898 bits per heavy atom. The van der Waals surface area contributed by atoms with E-state index in [-0.39, 0.29) is 68.3 Å². The molecule has 0 bridgehead atoms. The molecule has 0 aromatic heterocycles. The normalized spacial score (nSPS) is 25.5. The first-order chi connectivity index (χ1) is 45.5. The number of aliphatic hydroxyl groups is 2. The van der Waals surface area contributed by atoms with Crippen molar-refractivity contribution in [3.63, 3.8) is 0 Å².